The molecule has 3 heterocycles. The first-order valence-corrected chi connectivity index (χ1v) is 10.4. The number of benzene rings is 2. The number of likely N-dealkylation sites (tertiary alicyclic amines) is 1. The highest BCUT2D eigenvalue weighted by atomic mass is 16.3. The monoisotopic (exact) mass is 414 g/mol. The number of amides is 2. The predicted octanol–water partition coefficient (Wildman–Crippen LogP) is 3.65. The third-order valence-corrected chi connectivity index (χ3v) is 5.71. The Morgan fingerprint density at radius 1 is 0.968 bits per heavy atom. The summed E-state index contributed by atoms with van der Waals surface area (Å²) in [5.41, 5.74) is 3.52. The second kappa shape index (κ2) is 8.10. The molecule has 0 radical (unpaired) electrons. The number of carbonyl (C=O) groups is 2. The zero-order valence-corrected chi connectivity index (χ0v) is 16.9. The lowest BCUT2D eigenvalue weighted by Crippen LogP contribution is -2.46. The first kappa shape index (κ1) is 19.1. The molecule has 1 fully saturated rings. The molecule has 0 aliphatic carbocycles. The minimum Gasteiger partial charge on any atom is -0.459 e. The zero-order chi connectivity index (χ0) is 21.2. The lowest BCUT2D eigenvalue weighted by atomic mass is 10.0. The summed E-state index contributed by atoms with van der Waals surface area (Å²) in [6.07, 6.45) is 4.73. The SMILES string of the molecule is O=C(NC1CCN(C(=O)c2ccco2)CC1)c1ccc(-n2cnc3ccccc32)cc1. The number of rotatable bonds is 4. The molecule has 0 unspecified atom stereocenters. The molecule has 4 aromatic rings. The van der Waals surface area contributed by atoms with Crippen LogP contribution in [0.4, 0.5) is 0 Å². The lowest BCUT2D eigenvalue weighted by Gasteiger charge is -2.31. The predicted molar refractivity (Wildman–Crippen MR) is 116 cm³/mol. The van der Waals surface area contributed by atoms with Crippen molar-refractivity contribution in [1.29, 1.82) is 0 Å². The molecule has 1 saturated heterocycles. The van der Waals surface area contributed by atoms with Crippen molar-refractivity contribution in [3.05, 3.63) is 84.6 Å². The lowest BCUT2D eigenvalue weighted by molar-refractivity contribution is 0.0667. The molecule has 7 nitrogen and oxygen atoms in total. The van der Waals surface area contributed by atoms with Crippen LogP contribution in [-0.4, -0.2) is 45.4 Å². The van der Waals surface area contributed by atoms with Crippen LogP contribution in [0.25, 0.3) is 16.7 Å². The van der Waals surface area contributed by atoms with Crippen LogP contribution in [0.5, 0.6) is 0 Å². The largest absolute Gasteiger partial charge is 0.459 e. The smallest absolute Gasteiger partial charge is 0.289 e. The van der Waals surface area contributed by atoms with E-state index in [1.165, 1.54) is 6.26 Å². The van der Waals surface area contributed by atoms with Gasteiger partial charge in [-0.3, -0.25) is 14.2 Å². The summed E-state index contributed by atoms with van der Waals surface area (Å²) in [7, 11) is 0. The molecule has 0 saturated carbocycles. The number of hydrogen-bond donors (Lipinski definition) is 1. The van der Waals surface area contributed by atoms with Gasteiger partial charge in [-0.15, -0.1) is 0 Å². The maximum absolute atomic E-state index is 12.7. The maximum atomic E-state index is 12.7. The normalized spacial score (nSPS) is 14.6. The Morgan fingerprint density at radius 3 is 2.48 bits per heavy atom. The van der Waals surface area contributed by atoms with Crippen molar-refractivity contribution in [2.45, 2.75) is 18.9 Å². The summed E-state index contributed by atoms with van der Waals surface area (Å²) >= 11 is 0. The Bertz CT molecular complexity index is 1200. The van der Waals surface area contributed by atoms with Gasteiger partial charge in [-0.05, 0) is 61.4 Å². The van der Waals surface area contributed by atoms with Gasteiger partial charge in [-0.25, -0.2) is 4.98 Å². The van der Waals surface area contributed by atoms with E-state index >= 15 is 0 Å². The Balaban J connectivity index is 1.20. The number of nitrogens with zero attached hydrogens (tertiary/aromatic N) is 3. The van der Waals surface area contributed by atoms with E-state index < -0.39 is 0 Å². The summed E-state index contributed by atoms with van der Waals surface area (Å²) in [5, 5.41) is 3.09. The van der Waals surface area contributed by atoms with Crippen LogP contribution < -0.4 is 5.32 Å². The minimum atomic E-state index is -0.0996. The third kappa shape index (κ3) is 3.82. The van der Waals surface area contributed by atoms with Gasteiger partial charge in [-0.2, -0.15) is 0 Å². The third-order valence-electron chi connectivity index (χ3n) is 5.71. The molecule has 1 aliphatic rings. The summed E-state index contributed by atoms with van der Waals surface area (Å²) in [4.78, 5) is 31.2. The quantitative estimate of drug-likeness (QED) is 0.553. The van der Waals surface area contributed by atoms with Crippen LogP contribution in [0, 0.1) is 0 Å². The highest BCUT2D eigenvalue weighted by Crippen LogP contribution is 2.19. The molecule has 2 aromatic carbocycles. The number of carbonyl (C=O) groups excluding carboxylic acids is 2. The van der Waals surface area contributed by atoms with Crippen molar-refractivity contribution in [2.75, 3.05) is 13.1 Å². The summed E-state index contributed by atoms with van der Waals surface area (Å²) < 4.78 is 7.19. The van der Waals surface area contributed by atoms with Crippen molar-refractivity contribution >= 4 is 22.8 Å². The summed E-state index contributed by atoms with van der Waals surface area (Å²) in [5.74, 6) is 0.156. The van der Waals surface area contributed by atoms with E-state index in [1.54, 1.807) is 23.4 Å². The number of imidazole rings is 1. The molecule has 0 atom stereocenters. The molecule has 31 heavy (non-hydrogen) atoms. The standard InChI is InChI=1S/C24H22N4O3/c29-23(26-18-11-13-27(14-12-18)24(30)22-6-3-15-31-22)17-7-9-19(10-8-17)28-16-25-20-4-1-2-5-21(20)28/h1-10,15-16,18H,11-14H2,(H,26,29). The minimum absolute atomic E-state index is 0.0467. The Kier molecular flexibility index (Phi) is 5.00. The molecular formula is C24H22N4O3. The van der Waals surface area contributed by atoms with Gasteiger partial charge in [0.15, 0.2) is 5.76 Å². The van der Waals surface area contributed by atoms with E-state index in [2.05, 4.69) is 10.3 Å². The van der Waals surface area contributed by atoms with Gasteiger partial charge < -0.3 is 14.6 Å². The van der Waals surface area contributed by atoms with Crippen molar-refractivity contribution < 1.29 is 14.0 Å². The Hall–Kier alpha value is -3.87. The van der Waals surface area contributed by atoms with Gasteiger partial charge in [0.1, 0.15) is 6.33 Å². The van der Waals surface area contributed by atoms with E-state index in [9.17, 15) is 9.59 Å². The molecule has 0 spiro atoms. The van der Waals surface area contributed by atoms with Crippen LogP contribution in [0.3, 0.4) is 0 Å². The van der Waals surface area contributed by atoms with Crippen LogP contribution in [0.1, 0.15) is 33.8 Å². The number of hydrogen-bond acceptors (Lipinski definition) is 4. The second-order valence-electron chi connectivity index (χ2n) is 7.67. The average molecular weight is 414 g/mol. The number of nitrogens with one attached hydrogen (secondary N) is 1. The van der Waals surface area contributed by atoms with Gasteiger partial charge in [0.25, 0.3) is 11.8 Å². The topological polar surface area (TPSA) is 80.4 Å². The van der Waals surface area contributed by atoms with Crippen molar-refractivity contribution in [1.82, 2.24) is 19.8 Å². The Labute approximate surface area is 179 Å². The van der Waals surface area contributed by atoms with E-state index in [0.29, 0.717) is 24.4 Å². The molecule has 5 rings (SSSR count). The maximum Gasteiger partial charge on any atom is 0.289 e. The van der Waals surface area contributed by atoms with Gasteiger partial charge in [-0.1, -0.05) is 12.1 Å². The molecular weight excluding hydrogens is 392 g/mol. The number of para-hydroxylation sites is 2. The first-order chi connectivity index (χ1) is 15.2. The fourth-order valence-corrected chi connectivity index (χ4v) is 3.99. The molecule has 0 bridgehead atoms. The van der Waals surface area contributed by atoms with Crippen LogP contribution in [-0.2, 0) is 0 Å². The van der Waals surface area contributed by atoms with Gasteiger partial charge in [0, 0.05) is 30.4 Å². The summed E-state index contributed by atoms with van der Waals surface area (Å²) in [6.45, 7) is 1.19. The zero-order valence-electron chi connectivity index (χ0n) is 16.9. The number of aromatic nitrogens is 2. The fraction of sp³-hybridized carbons (Fsp3) is 0.208. The highest BCUT2D eigenvalue weighted by Gasteiger charge is 2.26. The molecule has 7 heteroatoms. The van der Waals surface area contributed by atoms with Crippen LogP contribution >= 0.6 is 0 Å². The molecule has 156 valence electrons. The second-order valence-corrected chi connectivity index (χ2v) is 7.67. The highest BCUT2D eigenvalue weighted by molar-refractivity contribution is 5.95. The van der Waals surface area contributed by atoms with Gasteiger partial charge >= 0.3 is 0 Å². The molecule has 1 aliphatic heterocycles. The van der Waals surface area contributed by atoms with Crippen molar-refractivity contribution in [3.63, 3.8) is 0 Å². The van der Waals surface area contributed by atoms with Gasteiger partial charge in [0.2, 0.25) is 0 Å². The molecule has 2 amide bonds. The van der Waals surface area contributed by atoms with Crippen molar-refractivity contribution in [2.24, 2.45) is 0 Å². The number of piperidine rings is 1. The molecule has 1 N–H and O–H groups in total. The van der Waals surface area contributed by atoms with E-state index in [1.807, 2.05) is 53.1 Å². The fourth-order valence-electron chi connectivity index (χ4n) is 3.99. The van der Waals surface area contributed by atoms with E-state index in [4.69, 9.17) is 4.42 Å². The first-order valence-electron chi connectivity index (χ1n) is 10.4. The number of furan rings is 1. The van der Waals surface area contributed by atoms with E-state index in [0.717, 1.165) is 29.6 Å². The van der Waals surface area contributed by atoms with E-state index in [-0.39, 0.29) is 17.9 Å². The van der Waals surface area contributed by atoms with Crippen molar-refractivity contribution in [3.8, 4) is 5.69 Å². The average Bonchev–Trinajstić information content (AvgIpc) is 3.50. The van der Waals surface area contributed by atoms with Gasteiger partial charge in [0.05, 0.1) is 17.3 Å². The molecule has 2 aromatic heterocycles. The summed E-state index contributed by atoms with van der Waals surface area (Å²) in [6, 6.07) is 18.9. The van der Waals surface area contributed by atoms with Crippen LogP contribution in [0.15, 0.2) is 77.7 Å². The number of fused-ring (bicyclic) bond motifs is 1. The Morgan fingerprint density at radius 2 is 1.74 bits per heavy atom. The van der Waals surface area contributed by atoms with Crippen LogP contribution in [0.2, 0.25) is 0 Å².